The lowest BCUT2D eigenvalue weighted by Gasteiger charge is -2.09. The molecule has 0 radical (unpaired) electrons. The van der Waals surface area contributed by atoms with Crippen molar-refractivity contribution in [1.29, 1.82) is 0 Å². The topological polar surface area (TPSA) is 35.2 Å². The molecular weight excluding hydrogens is 193 g/mol. The molecule has 1 aromatic rings. The molecule has 1 rings (SSSR count). The van der Waals surface area contributed by atoms with E-state index in [9.17, 15) is 4.39 Å². The number of ether oxygens (including phenoxy) is 1. The van der Waals surface area contributed by atoms with Crippen LogP contribution in [0.5, 0.6) is 5.75 Å². The lowest BCUT2D eigenvalue weighted by molar-refractivity contribution is 0.299. The number of hydrogen-bond acceptors (Lipinski definition) is 2. The number of benzene rings is 1. The van der Waals surface area contributed by atoms with Gasteiger partial charge in [0.1, 0.15) is 11.6 Å². The van der Waals surface area contributed by atoms with Gasteiger partial charge in [-0.3, -0.25) is 0 Å². The average molecular weight is 211 g/mol. The third-order valence-corrected chi connectivity index (χ3v) is 2.21. The summed E-state index contributed by atoms with van der Waals surface area (Å²) in [4.78, 5) is 0. The Morgan fingerprint density at radius 1 is 1.47 bits per heavy atom. The predicted molar refractivity (Wildman–Crippen MR) is 59.5 cm³/mol. The van der Waals surface area contributed by atoms with E-state index in [0.717, 1.165) is 18.4 Å². The van der Waals surface area contributed by atoms with E-state index < -0.39 is 0 Å². The molecule has 15 heavy (non-hydrogen) atoms. The molecule has 0 aliphatic heterocycles. The number of aryl methyl sites for hydroxylation is 1. The molecule has 0 spiro atoms. The van der Waals surface area contributed by atoms with Gasteiger partial charge >= 0.3 is 0 Å². The van der Waals surface area contributed by atoms with Crippen molar-refractivity contribution in [3.05, 3.63) is 29.6 Å². The highest BCUT2D eigenvalue weighted by molar-refractivity contribution is 5.32. The second-order valence-electron chi connectivity index (χ2n) is 3.88. The summed E-state index contributed by atoms with van der Waals surface area (Å²) in [7, 11) is 0. The van der Waals surface area contributed by atoms with Crippen LogP contribution >= 0.6 is 0 Å². The van der Waals surface area contributed by atoms with Crippen molar-refractivity contribution < 1.29 is 9.13 Å². The van der Waals surface area contributed by atoms with Crippen LogP contribution in [0, 0.1) is 12.7 Å². The van der Waals surface area contributed by atoms with Crippen molar-refractivity contribution in [1.82, 2.24) is 0 Å². The first-order valence-corrected chi connectivity index (χ1v) is 5.24. The molecule has 0 heterocycles. The molecule has 0 aliphatic rings. The van der Waals surface area contributed by atoms with Crippen LogP contribution < -0.4 is 10.5 Å². The Bertz CT molecular complexity index is 312. The van der Waals surface area contributed by atoms with Crippen LogP contribution in [0.2, 0.25) is 0 Å². The standard InChI is InChI=1S/C12H18FNO/c1-9-5-6-11(13)8-12(9)15-7-3-4-10(2)14/h5-6,8,10H,3-4,7,14H2,1-2H3. The van der Waals surface area contributed by atoms with Crippen LogP contribution in [0.1, 0.15) is 25.3 Å². The largest absolute Gasteiger partial charge is 0.493 e. The summed E-state index contributed by atoms with van der Waals surface area (Å²) >= 11 is 0. The molecule has 0 saturated carbocycles. The fourth-order valence-corrected chi connectivity index (χ4v) is 1.32. The minimum absolute atomic E-state index is 0.196. The Morgan fingerprint density at radius 2 is 2.20 bits per heavy atom. The zero-order valence-electron chi connectivity index (χ0n) is 9.29. The van der Waals surface area contributed by atoms with E-state index in [2.05, 4.69) is 0 Å². The Balaban J connectivity index is 2.40. The minimum atomic E-state index is -0.261. The van der Waals surface area contributed by atoms with Gasteiger partial charge in [-0.05, 0) is 38.3 Å². The maximum atomic E-state index is 12.9. The highest BCUT2D eigenvalue weighted by Crippen LogP contribution is 2.18. The summed E-state index contributed by atoms with van der Waals surface area (Å²) in [6.45, 7) is 4.46. The van der Waals surface area contributed by atoms with E-state index in [-0.39, 0.29) is 11.9 Å². The molecule has 2 N–H and O–H groups in total. The lowest BCUT2D eigenvalue weighted by atomic mass is 10.2. The molecular formula is C12H18FNO. The van der Waals surface area contributed by atoms with Gasteiger partial charge in [0, 0.05) is 12.1 Å². The van der Waals surface area contributed by atoms with E-state index >= 15 is 0 Å². The lowest BCUT2D eigenvalue weighted by Crippen LogP contribution is -2.15. The zero-order chi connectivity index (χ0) is 11.3. The van der Waals surface area contributed by atoms with Crippen molar-refractivity contribution in [2.45, 2.75) is 32.7 Å². The van der Waals surface area contributed by atoms with Gasteiger partial charge in [0.25, 0.3) is 0 Å². The molecule has 84 valence electrons. The second-order valence-corrected chi connectivity index (χ2v) is 3.88. The fraction of sp³-hybridized carbons (Fsp3) is 0.500. The maximum absolute atomic E-state index is 12.9. The minimum Gasteiger partial charge on any atom is -0.493 e. The first-order chi connectivity index (χ1) is 7.09. The SMILES string of the molecule is Cc1ccc(F)cc1OCCCC(C)N. The summed E-state index contributed by atoms with van der Waals surface area (Å²) in [6.07, 6.45) is 1.82. The van der Waals surface area contributed by atoms with Gasteiger partial charge in [-0.25, -0.2) is 4.39 Å². The van der Waals surface area contributed by atoms with Crippen LogP contribution in [0.25, 0.3) is 0 Å². The number of rotatable bonds is 5. The van der Waals surface area contributed by atoms with Crippen molar-refractivity contribution in [3.8, 4) is 5.75 Å². The predicted octanol–water partition coefficient (Wildman–Crippen LogP) is 2.64. The summed E-state index contributed by atoms with van der Waals surface area (Å²) in [5, 5.41) is 0. The zero-order valence-corrected chi connectivity index (χ0v) is 9.29. The molecule has 0 saturated heterocycles. The molecule has 1 unspecified atom stereocenters. The second kappa shape index (κ2) is 5.71. The molecule has 1 aromatic carbocycles. The van der Waals surface area contributed by atoms with Crippen molar-refractivity contribution in [2.24, 2.45) is 5.73 Å². The molecule has 0 fully saturated rings. The van der Waals surface area contributed by atoms with Gasteiger partial charge in [0.2, 0.25) is 0 Å². The molecule has 3 heteroatoms. The van der Waals surface area contributed by atoms with Crippen LogP contribution in [-0.4, -0.2) is 12.6 Å². The molecule has 0 amide bonds. The van der Waals surface area contributed by atoms with Crippen LogP contribution in [0.4, 0.5) is 4.39 Å². The quantitative estimate of drug-likeness (QED) is 0.760. The maximum Gasteiger partial charge on any atom is 0.126 e. The normalized spacial score (nSPS) is 12.5. The molecule has 0 aromatic heterocycles. The third-order valence-electron chi connectivity index (χ3n) is 2.21. The molecule has 2 nitrogen and oxygen atoms in total. The average Bonchev–Trinajstić information content (AvgIpc) is 2.17. The first-order valence-electron chi connectivity index (χ1n) is 5.24. The van der Waals surface area contributed by atoms with Gasteiger partial charge in [-0.15, -0.1) is 0 Å². The van der Waals surface area contributed by atoms with Gasteiger partial charge in [0.15, 0.2) is 0 Å². The van der Waals surface area contributed by atoms with Gasteiger partial charge in [0.05, 0.1) is 6.61 Å². The molecule has 0 aliphatic carbocycles. The van der Waals surface area contributed by atoms with Crippen LogP contribution in [-0.2, 0) is 0 Å². The fourth-order valence-electron chi connectivity index (χ4n) is 1.32. The Morgan fingerprint density at radius 3 is 2.87 bits per heavy atom. The monoisotopic (exact) mass is 211 g/mol. The summed E-state index contributed by atoms with van der Waals surface area (Å²) in [6, 6.07) is 4.77. The van der Waals surface area contributed by atoms with E-state index in [1.165, 1.54) is 12.1 Å². The van der Waals surface area contributed by atoms with Crippen LogP contribution in [0.15, 0.2) is 18.2 Å². The van der Waals surface area contributed by atoms with E-state index in [4.69, 9.17) is 10.5 Å². The third kappa shape index (κ3) is 4.30. The van der Waals surface area contributed by atoms with Crippen molar-refractivity contribution >= 4 is 0 Å². The Kier molecular flexibility index (Phi) is 4.56. The summed E-state index contributed by atoms with van der Waals surface area (Å²) in [5.41, 5.74) is 6.57. The van der Waals surface area contributed by atoms with Gasteiger partial charge in [-0.2, -0.15) is 0 Å². The molecule has 1 atom stereocenters. The first kappa shape index (κ1) is 12.0. The highest BCUT2D eigenvalue weighted by Gasteiger charge is 2.01. The number of nitrogens with two attached hydrogens (primary N) is 1. The molecule has 0 bridgehead atoms. The van der Waals surface area contributed by atoms with E-state index in [1.807, 2.05) is 13.8 Å². The van der Waals surface area contributed by atoms with Crippen molar-refractivity contribution in [2.75, 3.05) is 6.61 Å². The van der Waals surface area contributed by atoms with Gasteiger partial charge < -0.3 is 10.5 Å². The van der Waals surface area contributed by atoms with Gasteiger partial charge in [-0.1, -0.05) is 6.07 Å². The summed E-state index contributed by atoms with van der Waals surface area (Å²) < 4.78 is 18.4. The van der Waals surface area contributed by atoms with Crippen molar-refractivity contribution in [3.63, 3.8) is 0 Å². The smallest absolute Gasteiger partial charge is 0.126 e. The van der Waals surface area contributed by atoms with Crippen LogP contribution in [0.3, 0.4) is 0 Å². The number of hydrogen-bond donors (Lipinski definition) is 1. The number of halogens is 1. The Labute approximate surface area is 90.2 Å². The highest BCUT2D eigenvalue weighted by atomic mass is 19.1. The van der Waals surface area contributed by atoms with E-state index in [1.54, 1.807) is 6.07 Å². The van der Waals surface area contributed by atoms with E-state index in [0.29, 0.717) is 12.4 Å². The summed E-state index contributed by atoms with van der Waals surface area (Å²) in [5.74, 6) is 0.363. The Hall–Kier alpha value is -1.09.